The molecule has 2 nitrogen and oxygen atoms in total. The lowest BCUT2D eigenvalue weighted by molar-refractivity contribution is 0.360. The van der Waals surface area contributed by atoms with E-state index in [1.807, 2.05) is 12.4 Å². The highest BCUT2D eigenvalue weighted by Gasteiger charge is 2.26. The zero-order valence-corrected chi connectivity index (χ0v) is 10.3. The number of hydrogen-bond donors (Lipinski definition) is 1. The van der Waals surface area contributed by atoms with Crippen molar-refractivity contribution >= 4 is 0 Å². The Morgan fingerprint density at radius 3 is 2.81 bits per heavy atom. The van der Waals surface area contributed by atoms with E-state index in [2.05, 4.69) is 36.3 Å². The lowest BCUT2D eigenvalue weighted by Gasteiger charge is -2.24. The third kappa shape index (κ3) is 2.62. The average Bonchev–Trinajstić information content (AvgIpc) is 2.77. The molecule has 1 saturated carbocycles. The number of nitrogens with zero attached hydrogens (tertiary/aromatic N) is 1. The summed E-state index contributed by atoms with van der Waals surface area (Å²) >= 11 is 0. The Morgan fingerprint density at radius 1 is 1.38 bits per heavy atom. The van der Waals surface area contributed by atoms with E-state index < -0.39 is 0 Å². The molecule has 2 rings (SSSR count). The second-order valence-corrected chi connectivity index (χ2v) is 4.87. The fourth-order valence-corrected chi connectivity index (χ4v) is 2.81. The summed E-state index contributed by atoms with van der Waals surface area (Å²) in [5, 5.41) is 3.77. The summed E-state index contributed by atoms with van der Waals surface area (Å²) in [6.45, 7) is 4.56. The van der Waals surface area contributed by atoms with Gasteiger partial charge < -0.3 is 5.32 Å². The Bertz CT molecular complexity index is 310. The first-order valence-electron chi connectivity index (χ1n) is 6.47. The number of rotatable bonds is 4. The molecule has 0 saturated heterocycles. The van der Waals surface area contributed by atoms with Crippen LogP contribution in [0.5, 0.6) is 0 Å². The minimum Gasteiger partial charge on any atom is -0.307 e. The molecule has 16 heavy (non-hydrogen) atoms. The number of pyridine rings is 1. The molecule has 1 N–H and O–H groups in total. The molecule has 0 radical (unpaired) electrons. The first kappa shape index (κ1) is 11.6. The van der Waals surface area contributed by atoms with Gasteiger partial charge in [0.2, 0.25) is 0 Å². The van der Waals surface area contributed by atoms with E-state index in [1.54, 1.807) is 0 Å². The fraction of sp³-hybridized carbons (Fsp3) is 0.643. The first-order chi connectivity index (χ1) is 7.81. The van der Waals surface area contributed by atoms with Crippen LogP contribution in [-0.4, -0.2) is 11.0 Å². The number of aromatic nitrogens is 1. The summed E-state index contributed by atoms with van der Waals surface area (Å²) in [6.07, 6.45) is 9.18. The molecule has 88 valence electrons. The molecule has 1 aliphatic carbocycles. The SMILES string of the molecule is CCC1CCCC1N[C@@H](C)c1ccncc1. The van der Waals surface area contributed by atoms with Gasteiger partial charge in [0.1, 0.15) is 0 Å². The zero-order valence-electron chi connectivity index (χ0n) is 10.3. The minimum atomic E-state index is 0.445. The van der Waals surface area contributed by atoms with Crippen molar-refractivity contribution in [3.8, 4) is 0 Å². The normalized spacial score (nSPS) is 26.9. The van der Waals surface area contributed by atoms with Crippen LogP contribution in [0.4, 0.5) is 0 Å². The number of nitrogens with one attached hydrogen (secondary N) is 1. The highest BCUT2D eigenvalue weighted by atomic mass is 15.0. The molecule has 3 atom stereocenters. The zero-order chi connectivity index (χ0) is 11.4. The molecule has 1 heterocycles. The van der Waals surface area contributed by atoms with E-state index >= 15 is 0 Å². The lowest BCUT2D eigenvalue weighted by atomic mass is 9.99. The summed E-state index contributed by atoms with van der Waals surface area (Å²) in [5.41, 5.74) is 1.34. The predicted octanol–water partition coefficient (Wildman–Crippen LogP) is 3.31. The van der Waals surface area contributed by atoms with Crippen LogP contribution in [0.1, 0.15) is 51.1 Å². The fourth-order valence-electron chi connectivity index (χ4n) is 2.81. The van der Waals surface area contributed by atoms with Crippen LogP contribution in [0.3, 0.4) is 0 Å². The molecule has 0 aliphatic heterocycles. The van der Waals surface area contributed by atoms with Gasteiger partial charge in [0.25, 0.3) is 0 Å². The van der Waals surface area contributed by atoms with Crippen LogP contribution in [0, 0.1) is 5.92 Å². The highest BCUT2D eigenvalue weighted by molar-refractivity contribution is 5.14. The standard InChI is InChI=1S/C14H22N2/c1-3-12-5-4-6-14(12)16-11(2)13-7-9-15-10-8-13/h7-12,14,16H,3-6H2,1-2H3/t11-,12?,14?/m0/s1. The molecule has 1 aliphatic rings. The van der Waals surface area contributed by atoms with E-state index in [9.17, 15) is 0 Å². The summed E-state index contributed by atoms with van der Waals surface area (Å²) < 4.78 is 0. The molecule has 0 amide bonds. The Balaban J connectivity index is 1.94. The molecular weight excluding hydrogens is 196 g/mol. The molecule has 0 aromatic carbocycles. The van der Waals surface area contributed by atoms with E-state index in [0.29, 0.717) is 12.1 Å². The van der Waals surface area contributed by atoms with Crippen LogP contribution in [0.25, 0.3) is 0 Å². The van der Waals surface area contributed by atoms with Crippen molar-refractivity contribution < 1.29 is 0 Å². The van der Waals surface area contributed by atoms with Crippen LogP contribution < -0.4 is 5.32 Å². The summed E-state index contributed by atoms with van der Waals surface area (Å²) in [4.78, 5) is 4.06. The van der Waals surface area contributed by atoms with Gasteiger partial charge in [0, 0.05) is 24.5 Å². The van der Waals surface area contributed by atoms with Gasteiger partial charge in [0.15, 0.2) is 0 Å². The molecule has 0 bridgehead atoms. The van der Waals surface area contributed by atoms with Gasteiger partial charge in [-0.1, -0.05) is 19.8 Å². The van der Waals surface area contributed by atoms with E-state index in [4.69, 9.17) is 0 Å². The van der Waals surface area contributed by atoms with Crippen molar-refractivity contribution in [1.82, 2.24) is 10.3 Å². The van der Waals surface area contributed by atoms with E-state index in [-0.39, 0.29) is 0 Å². The third-order valence-corrected chi connectivity index (χ3v) is 3.85. The lowest BCUT2D eigenvalue weighted by Crippen LogP contribution is -2.34. The second-order valence-electron chi connectivity index (χ2n) is 4.87. The number of hydrogen-bond acceptors (Lipinski definition) is 2. The second kappa shape index (κ2) is 5.44. The van der Waals surface area contributed by atoms with Gasteiger partial charge in [-0.2, -0.15) is 0 Å². The Hall–Kier alpha value is -0.890. The maximum atomic E-state index is 4.06. The molecule has 0 spiro atoms. The summed E-state index contributed by atoms with van der Waals surface area (Å²) in [7, 11) is 0. The van der Waals surface area contributed by atoms with E-state index in [1.165, 1.54) is 31.2 Å². The predicted molar refractivity (Wildman–Crippen MR) is 67.2 cm³/mol. The van der Waals surface area contributed by atoms with Crippen molar-refractivity contribution in [1.29, 1.82) is 0 Å². The average molecular weight is 218 g/mol. The van der Waals surface area contributed by atoms with Crippen LogP contribution in [0.2, 0.25) is 0 Å². The molecule has 2 unspecified atom stereocenters. The topological polar surface area (TPSA) is 24.9 Å². The maximum Gasteiger partial charge on any atom is 0.0295 e. The quantitative estimate of drug-likeness (QED) is 0.838. The first-order valence-corrected chi connectivity index (χ1v) is 6.47. The third-order valence-electron chi connectivity index (χ3n) is 3.85. The van der Waals surface area contributed by atoms with Gasteiger partial charge in [-0.05, 0) is 43.4 Å². The van der Waals surface area contributed by atoms with Gasteiger partial charge >= 0.3 is 0 Å². The van der Waals surface area contributed by atoms with Crippen LogP contribution in [-0.2, 0) is 0 Å². The van der Waals surface area contributed by atoms with Crippen molar-refractivity contribution in [2.45, 2.75) is 51.6 Å². The van der Waals surface area contributed by atoms with Crippen molar-refractivity contribution in [3.05, 3.63) is 30.1 Å². The van der Waals surface area contributed by atoms with Gasteiger partial charge in [0.05, 0.1) is 0 Å². The molecule has 1 fully saturated rings. The van der Waals surface area contributed by atoms with Crippen LogP contribution >= 0.6 is 0 Å². The monoisotopic (exact) mass is 218 g/mol. The van der Waals surface area contributed by atoms with Gasteiger partial charge in [-0.3, -0.25) is 4.98 Å². The Labute approximate surface area is 98.5 Å². The largest absolute Gasteiger partial charge is 0.307 e. The maximum absolute atomic E-state index is 4.06. The molecule has 1 aromatic rings. The molecule has 1 aromatic heterocycles. The smallest absolute Gasteiger partial charge is 0.0295 e. The Kier molecular flexibility index (Phi) is 3.94. The van der Waals surface area contributed by atoms with Crippen LogP contribution in [0.15, 0.2) is 24.5 Å². The summed E-state index contributed by atoms with van der Waals surface area (Å²) in [6, 6.07) is 5.37. The van der Waals surface area contributed by atoms with Crippen molar-refractivity contribution in [2.75, 3.05) is 0 Å². The van der Waals surface area contributed by atoms with E-state index in [0.717, 1.165) is 5.92 Å². The van der Waals surface area contributed by atoms with Gasteiger partial charge in [-0.15, -0.1) is 0 Å². The van der Waals surface area contributed by atoms with Crippen molar-refractivity contribution in [3.63, 3.8) is 0 Å². The Morgan fingerprint density at radius 2 is 2.12 bits per heavy atom. The van der Waals surface area contributed by atoms with Crippen molar-refractivity contribution in [2.24, 2.45) is 5.92 Å². The summed E-state index contributed by atoms with van der Waals surface area (Å²) in [5.74, 6) is 0.879. The highest BCUT2D eigenvalue weighted by Crippen LogP contribution is 2.29. The molecular formula is C14H22N2. The minimum absolute atomic E-state index is 0.445. The van der Waals surface area contributed by atoms with Gasteiger partial charge in [-0.25, -0.2) is 0 Å². The molecule has 2 heteroatoms.